The van der Waals surface area contributed by atoms with Gasteiger partial charge in [0.1, 0.15) is 0 Å². The number of hydrogen-bond donors (Lipinski definition) is 0. The average molecular weight is 323 g/mol. The SMILES string of the molecule is CC1CCC(P(C2CCC(C)CC2)C2CCC(C)CC2)CC1. The van der Waals surface area contributed by atoms with Gasteiger partial charge in [0.05, 0.1) is 0 Å². The van der Waals surface area contributed by atoms with Gasteiger partial charge in [-0.05, 0) is 73.3 Å². The lowest BCUT2D eigenvalue weighted by Crippen LogP contribution is -2.30. The Bertz CT molecular complexity index is 262. The molecule has 3 fully saturated rings. The van der Waals surface area contributed by atoms with E-state index in [1.54, 1.807) is 38.5 Å². The molecule has 0 amide bonds. The molecule has 3 aliphatic rings. The average Bonchev–Trinajstić information content (AvgIpc) is 2.53. The summed E-state index contributed by atoms with van der Waals surface area (Å²) in [5.41, 5.74) is 3.47. The van der Waals surface area contributed by atoms with E-state index in [9.17, 15) is 0 Å². The summed E-state index contributed by atoms with van der Waals surface area (Å²) in [7, 11) is 0.328. The first kappa shape index (κ1) is 17.3. The first-order valence-corrected chi connectivity index (χ1v) is 12.0. The lowest BCUT2D eigenvalue weighted by molar-refractivity contribution is 0.357. The minimum Gasteiger partial charge on any atom is -0.0971 e. The van der Waals surface area contributed by atoms with Gasteiger partial charge < -0.3 is 0 Å². The zero-order valence-electron chi connectivity index (χ0n) is 15.4. The van der Waals surface area contributed by atoms with Crippen molar-refractivity contribution in [3.63, 3.8) is 0 Å². The number of rotatable bonds is 3. The Labute approximate surface area is 141 Å². The third kappa shape index (κ3) is 4.28. The smallest absolute Gasteiger partial charge is 0.0204 e. The quantitative estimate of drug-likeness (QED) is 0.482. The van der Waals surface area contributed by atoms with Crippen LogP contribution in [-0.4, -0.2) is 17.0 Å². The molecule has 0 radical (unpaired) electrons. The van der Waals surface area contributed by atoms with Gasteiger partial charge in [-0.1, -0.05) is 67.2 Å². The van der Waals surface area contributed by atoms with Crippen LogP contribution in [0.5, 0.6) is 0 Å². The van der Waals surface area contributed by atoms with Crippen LogP contribution in [0.25, 0.3) is 0 Å². The molecular formula is C21H39P. The van der Waals surface area contributed by atoms with E-state index < -0.39 is 0 Å². The summed E-state index contributed by atoms with van der Waals surface area (Å²) < 4.78 is 0. The molecule has 0 heterocycles. The van der Waals surface area contributed by atoms with Gasteiger partial charge in [0.25, 0.3) is 0 Å². The minimum atomic E-state index is 0.328. The Hall–Kier alpha value is 0.430. The normalized spacial score (nSPS) is 45.4. The van der Waals surface area contributed by atoms with Crippen molar-refractivity contribution in [3.05, 3.63) is 0 Å². The Morgan fingerprint density at radius 2 is 0.636 bits per heavy atom. The molecule has 3 aliphatic carbocycles. The third-order valence-corrected chi connectivity index (χ3v) is 11.3. The second-order valence-corrected chi connectivity index (χ2v) is 12.3. The van der Waals surface area contributed by atoms with Crippen LogP contribution in [0.3, 0.4) is 0 Å². The predicted molar refractivity (Wildman–Crippen MR) is 101 cm³/mol. The summed E-state index contributed by atoms with van der Waals surface area (Å²) in [6.45, 7) is 7.47. The lowest BCUT2D eigenvalue weighted by atomic mass is 9.89. The monoisotopic (exact) mass is 322 g/mol. The van der Waals surface area contributed by atoms with Gasteiger partial charge in [0, 0.05) is 0 Å². The molecule has 0 nitrogen and oxygen atoms in total. The van der Waals surface area contributed by atoms with Crippen LogP contribution in [0.1, 0.15) is 97.8 Å². The summed E-state index contributed by atoms with van der Waals surface area (Å²) >= 11 is 0. The van der Waals surface area contributed by atoms with Crippen LogP contribution in [0.4, 0.5) is 0 Å². The van der Waals surface area contributed by atoms with E-state index in [0.29, 0.717) is 7.92 Å². The summed E-state index contributed by atoms with van der Waals surface area (Å²) in [5.74, 6) is 3.06. The third-order valence-electron chi connectivity index (χ3n) is 7.22. The maximum Gasteiger partial charge on any atom is -0.0204 e. The van der Waals surface area contributed by atoms with E-state index in [-0.39, 0.29) is 0 Å². The zero-order chi connectivity index (χ0) is 15.5. The van der Waals surface area contributed by atoms with Gasteiger partial charge >= 0.3 is 0 Å². The van der Waals surface area contributed by atoms with Gasteiger partial charge in [-0.25, -0.2) is 0 Å². The molecule has 128 valence electrons. The molecule has 0 spiro atoms. The predicted octanol–water partition coefficient (Wildman–Crippen LogP) is 7.20. The van der Waals surface area contributed by atoms with Gasteiger partial charge in [0.15, 0.2) is 0 Å². The fraction of sp³-hybridized carbons (Fsp3) is 1.00. The second-order valence-electron chi connectivity index (χ2n) is 9.19. The fourth-order valence-corrected chi connectivity index (χ4v) is 9.99. The Kier molecular flexibility index (Phi) is 6.28. The molecule has 0 aromatic rings. The van der Waals surface area contributed by atoms with E-state index in [0.717, 1.165) is 34.7 Å². The van der Waals surface area contributed by atoms with Gasteiger partial charge in [-0.15, -0.1) is 0 Å². The van der Waals surface area contributed by atoms with Crippen molar-refractivity contribution in [2.24, 2.45) is 17.8 Å². The summed E-state index contributed by atoms with van der Waals surface area (Å²) in [6.07, 6.45) is 18.8. The second kappa shape index (κ2) is 8.00. The Balaban J connectivity index is 1.67. The molecule has 0 N–H and O–H groups in total. The van der Waals surface area contributed by atoms with Gasteiger partial charge in [0.2, 0.25) is 0 Å². The largest absolute Gasteiger partial charge is 0.0971 e. The van der Waals surface area contributed by atoms with Crippen molar-refractivity contribution in [1.29, 1.82) is 0 Å². The Morgan fingerprint density at radius 3 is 0.864 bits per heavy atom. The van der Waals surface area contributed by atoms with Crippen LogP contribution in [0.2, 0.25) is 0 Å². The highest BCUT2D eigenvalue weighted by Gasteiger charge is 2.38. The van der Waals surface area contributed by atoms with Crippen molar-refractivity contribution in [2.45, 2.75) is 115 Å². The van der Waals surface area contributed by atoms with Crippen molar-refractivity contribution >= 4 is 7.92 Å². The van der Waals surface area contributed by atoms with E-state index in [1.807, 2.05) is 0 Å². The van der Waals surface area contributed by atoms with Crippen molar-refractivity contribution in [1.82, 2.24) is 0 Å². The first-order chi connectivity index (χ1) is 10.6. The van der Waals surface area contributed by atoms with Crippen molar-refractivity contribution in [2.75, 3.05) is 0 Å². The molecule has 0 atom stereocenters. The molecule has 0 bridgehead atoms. The highest BCUT2D eigenvalue weighted by molar-refractivity contribution is 7.60. The van der Waals surface area contributed by atoms with Gasteiger partial charge in [-0.2, -0.15) is 0 Å². The van der Waals surface area contributed by atoms with Gasteiger partial charge in [-0.3, -0.25) is 0 Å². The van der Waals surface area contributed by atoms with Crippen molar-refractivity contribution in [3.8, 4) is 0 Å². The van der Waals surface area contributed by atoms with E-state index in [2.05, 4.69) is 20.8 Å². The summed E-state index contributed by atoms with van der Waals surface area (Å²) in [6, 6.07) is 0. The summed E-state index contributed by atoms with van der Waals surface area (Å²) in [5, 5.41) is 0. The standard InChI is InChI=1S/C21H39P/c1-16-4-10-19(11-5-16)22(20-12-6-17(2)7-13-20)21-14-8-18(3)9-15-21/h16-21H,4-15H2,1-3H3. The molecule has 0 aliphatic heterocycles. The molecule has 3 saturated carbocycles. The molecular weight excluding hydrogens is 283 g/mol. The van der Waals surface area contributed by atoms with Crippen LogP contribution >= 0.6 is 7.92 Å². The maximum absolute atomic E-state index is 2.49. The van der Waals surface area contributed by atoms with Crippen LogP contribution in [0, 0.1) is 17.8 Å². The highest BCUT2D eigenvalue weighted by atomic mass is 31.1. The number of hydrogen-bond acceptors (Lipinski definition) is 0. The fourth-order valence-electron chi connectivity index (χ4n) is 5.52. The van der Waals surface area contributed by atoms with Crippen LogP contribution in [0.15, 0.2) is 0 Å². The van der Waals surface area contributed by atoms with Crippen LogP contribution in [-0.2, 0) is 0 Å². The molecule has 0 saturated heterocycles. The summed E-state index contributed by atoms with van der Waals surface area (Å²) in [4.78, 5) is 0. The van der Waals surface area contributed by atoms with Crippen molar-refractivity contribution < 1.29 is 0 Å². The maximum atomic E-state index is 2.49. The molecule has 0 unspecified atom stereocenters. The van der Waals surface area contributed by atoms with E-state index in [1.165, 1.54) is 38.5 Å². The van der Waals surface area contributed by atoms with E-state index in [4.69, 9.17) is 0 Å². The topological polar surface area (TPSA) is 0 Å². The minimum absolute atomic E-state index is 0.328. The van der Waals surface area contributed by atoms with Crippen LogP contribution < -0.4 is 0 Å². The first-order valence-electron chi connectivity index (χ1n) is 10.4. The molecule has 22 heavy (non-hydrogen) atoms. The molecule has 0 aromatic carbocycles. The zero-order valence-corrected chi connectivity index (χ0v) is 16.3. The Morgan fingerprint density at radius 1 is 0.409 bits per heavy atom. The van der Waals surface area contributed by atoms with E-state index >= 15 is 0 Å². The molecule has 0 aromatic heterocycles. The molecule has 1 heteroatoms. The lowest BCUT2D eigenvalue weighted by Gasteiger charge is -2.46. The highest BCUT2D eigenvalue weighted by Crippen LogP contribution is 2.62. The molecule has 3 rings (SSSR count).